The predicted molar refractivity (Wildman–Crippen MR) is 40.1 cm³/mol. The smallest absolute Gasteiger partial charge is 0.114 e. The van der Waals surface area contributed by atoms with Crippen molar-refractivity contribution in [3.8, 4) is 11.8 Å². The Morgan fingerprint density at radius 2 is 2.10 bits per heavy atom. The molecule has 1 atom stereocenters. The Morgan fingerprint density at radius 1 is 1.40 bits per heavy atom. The molecule has 0 heterocycles. The van der Waals surface area contributed by atoms with Crippen molar-refractivity contribution in [2.75, 3.05) is 6.61 Å². The molecule has 0 saturated carbocycles. The molecule has 10 heavy (non-hydrogen) atoms. The third-order valence-electron chi connectivity index (χ3n) is 1.15. The molecule has 57 valence electrons. The summed E-state index contributed by atoms with van der Waals surface area (Å²) in [4.78, 5) is 0. The van der Waals surface area contributed by atoms with Gasteiger partial charge in [0.05, 0.1) is 0 Å². The normalized spacial score (nSPS) is 11.9. The van der Waals surface area contributed by atoms with Gasteiger partial charge in [0.15, 0.2) is 0 Å². The van der Waals surface area contributed by atoms with Gasteiger partial charge in [0.2, 0.25) is 0 Å². The molecule has 2 heteroatoms. The molecule has 0 saturated heterocycles. The summed E-state index contributed by atoms with van der Waals surface area (Å²) in [7, 11) is 0. The third kappa shape index (κ3) is 5.61. The molecule has 0 aromatic rings. The second kappa shape index (κ2) is 6.60. The van der Waals surface area contributed by atoms with E-state index in [1.165, 1.54) is 0 Å². The Morgan fingerprint density at radius 3 is 2.60 bits per heavy atom. The van der Waals surface area contributed by atoms with Crippen LogP contribution in [0.5, 0.6) is 0 Å². The minimum absolute atomic E-state index is 0.185. The Labute approximate surface area is 61.9 Å². The molecule has 0 fully saturated rings. The van der Waals surface area contributed by atoms with E-state index in [0.717, 1.165) is 12.8 Å². The van der Waals surface area contributed by atoms with E-state index in [2.05, 4.69) is 18.8 Å². The van der Waals surface area contributed by atoms with Crippen LogP contribution in [-0.4, -0.2) is 22.9 Å². The summed E-state index contributed by atoms with van der Waals surface area (Å²) in [6.07, 6.45) is 1.61. The zero-order valence-electron chi connectivity index (χ0n) is 6.01. The van der Waals surface area contributed by atoms with Crippen molar-refractivity contribution in [1.29, 1.82) is 0 Å². The fourth-order valence-electron chi connectivity index (χ4n) is 0.639. The average molecular weight is 141 g/mol. The number of unbranched alkanes of at least 4 members (excludes halogenated alkanes) is 1. The zero-order valence-corrected chi connectivity index (χ0v) is 6.01. The van der Waals surface area contributed by atoms with Crippen LogP contribution in [0.4, 0.5) is 0 Å². The van der Waals surface area contributed by atoms with E-state index < -0.39 is 6.10 Å². The lowest BCUT2D eigenvalue weighted by Crippen LogP contribution is -2.02. The van der Waals surface area contributed by atoms with Crippen LogP contribution in [-0.2, 0) is 0 Å². The molecule has 0 aromatic heterocycles. The molecule has 2 nitrogen and oxygen atoms in total. The van der Waals surface area contributed by atoms with E-state index in [4.69, 9.17) is 10.2 Å². The van der Waals surface area contributed by atoms with Gasteiger partial charge in [-0.1, -0.05) is 11.8 Å². The monoisotopic (exact) mass is 141 g/mol. The Balaban J connectivity index is 3.18. The van der Waals surface area contributed by atoms with Crippen LogP contribution in [0, 0.1) is 18.8 Å². The molecule has 0 aliphatic heterocycles. The van der Waals surface area contributed by atoms with Gasteiger partial charge < -0.3 is 10.2 Å². The first kappa shape index (κ1) is 9.48. The number of aliphatic hydroxyl groups is 2. The summed E-state index contributed by atoms with van der Waals surface area (Å²) in [5, 5.41) is 17.4. The molecule has 0 aromatic carbocycles. The highest BCUT2D eigenvalue weighted by atomic mass is 16.3. The Bertz CT molecular complexity index is 121. The highest BCUT2D eigenvalue weighted by Gasteiger charge is 1.96. The standard InChI is InChI=1S/C8H13O2/c1-2-5-8(10)6-3-4-7-9/h8-10H,1,3-4,6-7H2. The summed E-state index contributed by atoms with van der Waals surface area (Å²) in [5.74, 6) is 4.90. The van der Waals surface area contributed by atoms with Crippen LogP contribution in [0.15, 0.2) is 0 Å². The summed E-state index contributed by atoms with van der Waals surface area (Å²) in [5.41, 5.74) is 0. The van der Waals surface area contributed by atoms with Crippen molar-refractivity contribution < 1.29 is 10.2 Å². The van der Waals surface area contributed by atoms with Gasteiger partial charge in [0.25, 0.3) is 0 Å². The van der Waals surface area contributed by atoms with Crippen LogP contribution in [0.2, 0.25) is 0 Å². The third-order valence-corrected chi connectivity index (χ3v) is 1.15. The first-order chi connectivity index (χ1) is 4.81. The van der Waals surface area contributed by atoms with Crippen LogP contribution in [0.1, 0.15) is 19.3 Å². The fraction of sp³-hybridized carbons (Fsp3) is 0.625. The van der Waals surface area contributed by atoms with E-state index >= 15 is 0 Å². The van der Waals surface area contributed by atoms with Crippen molar-refractivity contribution in [3.05, 3.63) is 6.92 Å². The minimum Gasteiger partial charge on any atom is -0.396 e. The van der Waals surface area contributed by atoms with E-state index in [-0.39, 0.29) is 6.61 Å². The minimum atomic E-state index is -0.566. The largest absolute Gasteiger partial charge is 0.396 e. The second-order valence-electron chi connectivity index (χ2n) is 2.06. The summed E-state index contributed by atoms with van der Waals surface area (Å²) < 4.78 is 0. The van der Waals surface area contributed by atoms with Gasteiger partial charge in [-0.2, -0.15) is 0 Å². The highest BCUT2D eigenvalue weighted by molar-refractivity contribution is 5.06. The van der Waals surface area contributed by atoms with Gasteiger partial charge in [0.1, 0.15) is 6.10 Å². The summed E-state index contributed by atoms with van der Waals surface area (Å²) >= 11 is 0. The van der Waals surface area contributed by atoms with E-state index in [1.807, 2.05) is 0 Å². The first-order valence-corrected chi connectivity index (χ1v) is 3.37. The summed E-state index contributed by atoms with van der Waals surface area (Å²) in [6, 6.07) is 0. The Kier molecular flexibility index (Phi) is 6.25. The maximum absolute atomic E-state index is 8.98. The molecule has 0 aliphatic carbocycles. The van der Waals surface area contributed by atoms with Crippen molar-refractivity contribution in [1.82, 2.24) is 0 Å². The molecule has 0 amide bonds. The maximum atomic E-state index is 8.98. The number of hydrogen-bond acceptors (Lipinski definition) is 2. The lowest BCUT2D eigenvalue weighted by Gasteiger charge is -1.99. The van der Waals surface area contributed by atoms with Gasteiger partial charge in [-0.05, 0) is 19.3 Å². The second-order valence-corrected chi connectivity index (χ2v) is 2.06. The van der Waals surface area contributed by atoms with Crippen molar-refractivity contribution >= 4 is 0 Å². The van der Waals surface area contributed by atoms with Crippen molar-refractivity contribution in [3.63, 3.8) is 0 Å². The molecule has 2 N–H and O–H groups in total. The number of aliphatic hydroxyl groups excluding tert-OH is 2. The molecule has 0 bridgehead atoms. The van der Waals surface area contributed by atoms with Crippen LogP contribution in [0.3, 0.4) is 0 Å². The Hall–Kier alpha value is -0.520. The van der Waals surface area contributed by atoms with Gasteiger partial charge in [-0.25, -0.2) is 0 Å². The first-order valence-electron chi connectivity index (χ1n) is 3.37. The lowest BCUT2D eigenvalue weighted by atomic mass is 10.1. The van der Waals surface area contributed by atoms with Gasteiger partial charge in [-0.3, -0.25) is 0 Å². The highest BCUT2D eigenvalue weighted by Crippen LogP contribution is 1.98. The maximum Gasteiger partial charge on any atom is 0.114 e. The predicted octanol–water partition coefficient (Wildman–Crippen LogP) is 0.347. The van der Waals surface area contributed by atoms with Gasteiger partial charge in [0, 0.05) is 13.5 Å². The van der Waals surface area contributed by atoms with Crippen molar-refractivity contribution in [2.45, 2.75) is 25.4 Å². The SMILES string of the molecule is [CH2]C#CC(O)CCCCO. The van der Waals surface area contributed by atoms with E-state index in [1.54, 1.807) is 0 Å². The zero-order chi connectivity index (χ0) is 7.82. The molecule has 0 spiro atoms. The van der Waals surface area contributed by atoms with Gasteiger partial charge in [-0.15, -0.1) is 0 Å². The fourth-order valence-corrected chi connectivity index (χ4v) is 0.639. The number of rotatable bonds is 4. The molecule has 0 aliphatic rings. The van der Waals surface area contributed by atoms with E-state index in [9.17, 15) is 0 Å². The molecule has 1 radical (unpaired) electrons. The van der Waals surface area contributed by atoms with E-state index in [0.29, 0.717) is 6.42 Å². The van der Waals surface area contributed by atoms with Gasteiger partial charge >= 0.3 is 0 Å². The molecule has 0 rings (SSSR count). The lowest BCUT2D eigenvalue weighted by molar-refractivity contribution is 0.209. The molecular formula is C8H13O2. The van der Waals surface area contributed by atoms with Crippen LogP contribution >= 0.6 is 0 Å². The topological polar surface area (TPSA) is 40.5 Å². The number of hydrogen-bond donors (Lipinski definition) is 2. The molecule has 1 unspecified atom stereocenters. The average Bonchev–Trinajstić information content (AvgIpc) is 1.89. The quantitative estimate of drug-likeness (QED) is 0.438. The summed E-state index contributed by atoms with van der Waals surface area (Å²) in [6.45, 7) is 3.47. The van der Waals surface area contributed by atoms with Crippen LogP contribution in [0.25, 0.3) is 0 Å². The molecular weight excluding hydrogens is 128 g/mol. The van der Waals surface area contributed by atoms with Crippen LogP contribution < -0.4 is 0 Å². The van der Waals surface area contributed by atoms with Crippen molar-refractivity contribution in [2.24, 2.45) is 0 Å².